The molecule has 0 aliphatic heterocycles. The number of amides is 2. The summed E-state index contributed by atoms with van der Waals surface area (Å²) in [6, 6.07) is 20.8. The van der Waals surface area contributed by atoms with Gasteiger partial charge in [0.05, 0.1) is 12.1 Å². The van der Waals surface area contributed by atoms with Crippen molar-refractivity contribution in [3.63, 3.8) is 0 Å². The molecule has 7 nitrogen and oxygen atoms in total. The van der Waals surface area contributed by atoms with E-state index in [1.54, 1.807) is 55.6 Å². The number of methoxy groups -OCH3 is 1. The number of rotatable bonds is 8. The van der Waals surface area contributed by atoms with Crippen molar-refractivity contribution >= 4 is 40.9 Å². The first-order valence-corrected chi connectivity index (χ1v) is 10.6. The molecule has 3 aromatic rings. The summed E-state index contributed by atoms with van der Waals surface area (Å²) in [5.74, 6) is 0.0718. The van der Waals surface area contributed by atoms with Crippen LogP contribution in [0.15, 0.2) is 72.3 Å². The minimum Gasteiger partial charge on any atom is -0.497 e. The van der Waals surface area contributed by atoms with Gasteiger partial charge in [-0.2, -0.15) is 5.26 Å². The van der Waals surface area contributed by atoms with Gasteiger partial charge in [-0.15, -0.1) is 0 Å². The van der Waals surface area contributed by atoms with Crippen LogP contribution < -0.4 is 20.1 Å². The van der Waals surface area contributed by atoms with Crippen molar-refractivity contribution in [3.8, 4) is 17.6 Å². The standard InChI is InChI=1S/C26H22ClN3O4/c1-17-4-3-5-21(12-17)29-25(31)16-34-24-11-6-18(14-23(24)27)13-19(15-28)26(32)30-20-7-9-22(33-2)10-8-20/h3-14H,16H2,1-2H3,(H,29,31)(H,30,32)/b19-13+. The fourth-order valence-electron chi connectivity index (χ4n) is 2.98. The molecule has 0 atom stereocenters. The molecule has 0 fully saturated rings. The van der Waals surface area contributed by atoms with Crippen molar-refractivity contribution in [2.45, 2.75) is 6.92 Å². The highest BCUT2D eigenvalue weighted by molar-refractivity contribution is 6.32. The van der Waals surface area contributed by atoms with E-state index in [1.165, 1.54) is 6.08 Å². The van der Waals surface area contributed by atoms with Crippen molar-refractivity contribution in [2.75, 3.05) is 24.4 Å². The van der Waals surface area contributed by atoms with Gasteiger partial charge in [0, 0.05) is 11.4 Å². The smallest absolute Gasteiger partial charge is 0.266 e. The lowest BCUT2D eigenvalue weighted by Crippen LogP contribution is -2.20. The largest absolute Gasteiger partial charge is 0.497 e. The number of hydrogen-bond donors (Lipinski definition) is 2. The van der Waals surface area contributed by atoms with Gasteiger partial charge in [0.1, 0.15) is 23.1 Å². The van der Waals surface area contributed by atoms with Gasteiger partial charge in [0.25, 0.3) is 11.8 Å². The zero-order chi connectivity index (χ0) is 24.5. The molecule has 0 saturated heterocycles. The predicted molar refractivity (Wildman–Crippen MR) is 132 cm³/mol. The maximum atomic E-state index is 12.5. The molecular formula is C26H22ClN3O4. The second-order valence-electron chi connectivity index (χ2n) is 7.25. The Hall–Kier alpha value is -4.28. The Morgan fingerprint density at radius 3 is 2.44 bits per heavy atom. The fourth-order valence-corrected chi connectivity index (χ4v) is 3.22. The van der Waals surface area contributed by atoms with Crippen molar-refractivity contribution in [1.82, 2.24) is 0 Å². The molecule has 3 rings (SSSR count). The average molecular weight is 476 g/mol. The minimum atomic E-state index is -0.558. The van der Waals surface area contributed by atoms with E-state index >= 15 is 0 Å². The van der Waals surface area contributed by atoms with Gasteiger partial charge in [-0.3, -0.25) is 9.59 Å². The molecule has 3 aromatic carbocycles. The Morgan fingerprint density at radius 1 is 1.03 bits per heavy atom. The lowest BCUT2D eigenvalue weighted by Gasteiger charge is -2.10. The van der Waals surface area contributed by atoms with Crippen LogP contribution >= 0.6 is 11.6 Å². The summed E-state index contributed by atoms with van der Waals surface area (Å²) in [7, 11) is 1.55. The number of carbonyl (C=O) groups excluding carboxylic acids is 2. The van der Waals surface area contributed by atoms with Gasteiger partial charge in [-0.25, -0.2) is 0 Å². The number of nitrogens with zero attached hydrogens (tertiary/aromatic N) is 1. The lowest BCUT2D eigenvalue weighted by atomic mass is 10.1. The Labute approximate surface area is 202 Å². The highest BCUT2D eigenvalue weighted by Crippen LogP contribution is 2.27. The second kappa shape index (κ2) is 11.5. The van der Waals surface area contributed by atoms with Crippen LogP contribution in [0.2, 0.25) is 5.02 Å². The lowest BCUT2D eigenvalue weighted by molar-refractivity contribution is -0.118. The van der Waals surface area contributed by atoms with E-state index in [0.717, 1.165) is 5.56 Å². The van der Waals surface area contributed by atoms with Crippen LogP contribution in [0.5, 0.6) is 11.5 Å². The van der Waals surface area contributed by atoms with E-state index in [-0.39, 0.29) is 23.1 Å². The summed E-state index contributed by atoms with van der Waals surface area (Å²) >= 11 is 6.28. The van der Waals surface area contributed by atoms with Crippen LogP contribution in [-0.2, 0) is 9.59 Å². The molecule has 0 spiro atoms. The molecule has 0 aliphatic rings. The zero-order valence-corrected chi connectivity index (χ0v) is 19.3. The highest BCUT2D eigenvalue weighted by Gasteiger charge is 2.12. The van der Waals surface area contributed by atoms with Gasteiger partial charge >= 0.3 is 0 Å². The Morgan fingerprint density at radius 2 is 1.79 bits per heavy atom. The summed E-state index contributed by atoms with van der Waals surface area (Å²) in [6.07, 6.45) is 1.42. The third-order valence-corrected chi connectivity index (χ3v) is 4.94. The number of aryl methyl sites for hydroxylation is 1. The van der Waals surface area contributed by atoms with Crippen molar-refractivity contribution in [2.24, 2.45) is 0 Å². The van der Waals surface area contributed by atoms with E-state index in [2.05, 4.69) is 10.6 Å². The average Bonchev–Trinajstić information content (AvgIpc) is 2.82. The summed E-state index contributed by atoms with van der Waals surface area (Å²) < 4.78 is 10.6. The van der Waals surface area contributed by atoms with Crippen LogP contribution in [0.1, 0.15) is 11.1 Å². The van der Waals surface area contributed by atoms with E-state index in [1.807, 2.05) is 31.2 Å². The highest BCUT2D eigenvalue weighted by atomic mass is 35.5. The number of benzene rings is 3. The van der Waals surface area contributed by atoms with Crippen LogP contribution in [-0.4, -0.2) is 25.5 Å². The predicted octanol–water partition coefficient (Wildman–Crippen LogP) is 5.22. The maximum Gasteiger partial charge on any atom is 0.266 e. The third kappa shape index (κ3) is 6.86. The molecule has 0 radical (unpaired) electrons. The monoisotopic (exact) mass is 475 g/mol. The normalized spacial score (nSPS) is 10.7. The number of ether oxygens (including phenoxy) is 2. The van der Waals surface area contributed by atoms with Crippen LogP contribution in [0.4, 0.5) is 11.4 Å². The number of nitriles is 1. The number of carbonyl (C=O) groups is 2. The molecule has 2 amide bonds. The van der Waals surface area contributed by atoms with E-state index in [0.29, 0.717) is 28.4 Å². The van der Waals surface area contributed by atoms with Crippen molar-refractivity contribution in [1.29, 1.82) is 5.26 Å². The van der Waals surface area contributed by atoms with Crippen LogP contribution in [0, 0.1) is 18.3 Å². The summed E-state index contributed by atoms with van der Waals surface area (Å²) in [5, 5.41) is 15.1. The van der Waals surface area contributed by atoms with Crippen LogP contribution in [0.25, 0.3) is 6.08 Å². The topological polar surface area (TPSA) is 100 Å². The Bertz CT molecular complexity index is 1260. The summed E-state index contributed by atoms with van der Waals surface area (Å²) in [4.78, 5) is 24.6. The molecular weight excluding hydrogens is 454 g/mol. The van der Waals surface area contributed by atoms with E-state index in [4.69, 9.17) is 21.1 Å². The quantitative estimate of drug-likeness (QED) is 0.343. The number of hydrogen-bond acceptors (Lipinski definition) is 5. The molecule has 2 N–H and O–H groups in total. The molecule has 0 heterocycles. The molecule has 172 valence electrons. The summed E-state index contributed by atoms with van der Waals surface area (Å²) in [5.41, 5.74) is 2.66. The third-order valence-electron chi connectivity index (χ3n) is 4.64. The molecule has 0 saturated carbocycles. The number of nitrogens with one attached hydrogen (secondary N) is 2. The first-order chi connectivity index (χ1) is 16.4. The fraction of sp³-hybridized carbons (Fsp3) is 0.115. The Kier molecular flexibility index (Phi) is 8.27. The first-order valence-electron chi connectivity index (χ1n) is 10.2. The number of halogens is 1. The van der Waals surface area contributed by atoms with Crippen molar-refractivity contribution < 1.29 is 19.1 Å². The minimum absolute atomic E-state index is 0.0990. The summed E-state index contributed by atoms with van der Waals surface area (Å²) in [6.45, 7) is 1.71. The maximum absolute atomic E-state index is 12.5. The zero-order valence-electron chi connectivity index (χ0n) is 18.6. The van der Waals surface area contributed by atoms with E-state index < -0.39 is 5.91 Å². The first kappa shape index (κ1) is 24.4. The molecule has 0 aliphatic carbocycles. The SMILES string of the molecule is COc1ccc(NC(=O)/C(C#N)=C/c2ccc(OCC(=O)Nc3cccc(C)c3)c(Cl)c2)cc1. The van der Waals surface area contributed by atoms with Gasteiger partial charge in [-0.1, -0.05) is 29.8 Å². The molecule has 0 unspecified atom stereocenters. The second-order valence-corrected chi connectivity index (χ2v) is 7.66. The van der Waals surface area contributed by atoms with Gasteiger partial charge in [0.2, 0.25) is 0 Å². The van der Waals surface area contributed by atoms with Crippen LogP contribution in [0.3, 0.4) is 0 Å². The Balaban J connectivity index is 1.62. The van der Waals surface area contributed by atoms with Crippen molar-refractivity contribution in [3.05, 3.63) is 88.5 Å². The number of anilines is 2. The van der Waals surface area contributed by atoms with E-state index in [9.17, 15) is 14.9 Å². The molecule has 34 heavy (non-hydrogen) atoms. The molecule has 8 heteroatoms. The van der Waals surface area contributed by atoms with Gasteiger partial charge in [-0.05, 0) is 72.7 Å². The molecule has 0 aromatic heterocycles. The van der Waals surface area contributed by atoms with Gasteiger partial charge < -0.3 is 20.1 Å². The van der Waals surface area contributed by atoms with Gasteiger partial charge in [0.15, 0.2) is 6.61 Å². The molecule has 0 bridgehead atoms.